The quantitative estimate of drug-likeness (QED) is 0.386. The van der Waals surface area contributed by atoms with Crippen LogP contribution in [0.4, 0.5) is 4.39 Å². The summed E-state index contributed by atoms with van der Waals surface area (Å²) in [5.41, 5.74) is 1.74. The maximum absolute atomic E-state index is 14.0. The number of aromatic nitrogens is 3. The van der Waals surface area contributed by atoms with Crippen molar-refractivity contribution in [3.63, 3.8) is 0 Å². The first kappa shape index (κ1) is 18.7. The van der Waals surface area contributed by atoms with Gasteiger partial charge in [-0.2, -0.15) is 0 Å². The summed E-state index contributed by atoms with van der Waals surface area (Å²) in [4.78, 5) is 0. The number of rotatable bonds is 8. The maximum atomic E-state index is 14.0. The first-order valence-electron chi connectivity index (χ1n) is 8.31. The van der Waals surface area contributed by atoms with Crippen molar-refractivity contribution < 1.29 is 4.39 Å². The molecule has 1 aromatic heterocycles. The molecule has 134 valence electrons. The fourth-order valence-electron chi connectivity index (χ4n) is 2.63. The zero-order valence-electron chi connectivity index (χ0n) is 14.2. The van der Waals surface area contributed by atoms with Crippen molar-refractivity contribution in [1.29, 1.82) is 0 Å². The highest BCUT2D eigenvalue weighted by Gasteiger charge is 2.14. The van der Waals surface area contributed by atoms with Crippen LogP contribution in [0.25, 0.3) is 0 Å². The minimum Gasteiger partial charge on any atom is -0.302 e. The van der Waals surface area contributed by atoms with E-state index in [1.807, 2.05) is 28.8 Å². The molecule has 0 saturated carbocycles. The second-order valence-corrected chi connectivity index (χ2v) is 7.12. The molecule has 0 aliphatic carbocycles. The second-order valence-electron chi connectivity index (χ2n) is 5.77. The van der Waals surface area contributed by atoms with Crippen LogP contribution < -0.4 is 0 Å². The molecule has 0 unspecified atom stereocenters. The average Bonchev–Trinajstić information content (AvgIpc) is 3.03. The van der Waals surface area contributed by atoms with Gasteiger partial charge in [0.15, 0.2) is 5.16 Å². The smallest absolute Gasteiger partial charge is 0.191 e. The Kier molecular flexibility index (Phi) is 6.47. The highest BCUT2D eigenvalue weighted by molar-refractivity contribution is 7.98. The van der Waals surface area contributed by atoms with Gasteiger partial charge in [-0.3, -0.25) is 0 Å². The van der Waals surface area contributed by atoms with E-state index in [4.69, 9.17) is 11.6 Å². The summed E-state index contributed by atoms with van der Waals surface area (Å²) in [7, 11) is 0. The van der Waals surface area contributed by atoms with Gasteiger partial charge in [0.1, 0.15) is 11.6 Å². The summed E-state index contributed by atoms with van der Waals surface area (Å²) in [6, 6.07) is 15.0. The molecule has 3 rings (SSSR count). The molecule has 1 heterocycles. The summed E-state index contributed by atoms with van der Waals surface area (Å²) in [5.74, 6) is 0.999. The van der Waals surface area contributed by atoms with Gasteiger partial charge in [-0.15, -0.1) is 16.8 Å². The van der Waals surface area contributed by atoms with Crippen molar-refractivity contribution in [3.05, 3.63) is 89.0 Å². The van der Waals surface area contributed by atoms with Crippen LogP contribution in [0.5, 0.6) is 0 Å². The molecule has 0 aliphatic heterocycles. The number of thioether (sulfide) groups is 1. The fourth-order valence-corrected chi connectivity index (χ4v) is 3.94. The predicted octanol–water partition coefficient (Wildman–Crippen LogP) is 5.33. The van der Waals surface area contributed by atoms with Crippen LogP contribution in [0.15, 0.2) is 66.3 Å². The third kappa shape index (κ3) is 4.54. The number of benzene rings is 2. The van der Waals surface area contributed by atoms with Crippen molar-refractivity contribution in [2.24, 2.45) is 0 Å². The molecule has 2 aromatic carbocycles. The number of aryl methyl sites for hydroxylation is 2. The second kappa shape index (κ2) is 9.01. The third-order valence-electron chi connectivity index (χ3n) is 3.99. The van der Waals surface area contributed by atoms with E-state index in [0.717, 1.165) is 23.8 Å². The van der Waals surface area contributed by atoms with E-state index < -0.39 is 0 Å². The van der Waals surface area contributed by atoms with Crippen LogP contribution in [0.2, 0.25) is 5.02 Å². The number of halogens is 2. The summed E-state index contributed by atoms with van der Waals surface area (Å²) < 4.78 is 16.0. The van der Waals surface area contributed by atoms with E-state index in [0.29, 0.717) is 22.9 Å². The van der Waals surface area contributed by atoms with Gasteiger partial charge in [-0.05, 0) is 24.1 Å². The van der Waals surface area contributed by atoms with Crippen molar-refractivity contribution in [1.82, 2.24) is 14.8 Å². The van der Waals surface area contributed by atoms with Gasteiger partial charge in [0.2, 0.25) is 0 Å². The van der Waals surface area contributed by atoms with E-state index in [-0.39, 0.29) is 5.82 Å². The topological polar surface area (TPSA) is 30.7 Å². The molecule has 0 spiro atoms. The van der Waals surface area contributed by atoms with E-state index in [1.165, 1.54) is 23.4 Å². The average molecular weight is 388 g/mol. The molecule has 0 amide bonds. The lowest BCUT2D eigenvalue weighted by atomic mass is 10.1. The normalized spacial score (nSPS) is 10.8. The number of nitrogens with zero attached hydrogens (tertiary/aromatic N) is 3. The van der Waals surface area contributed by atoms with E-state index >= 15 is 0 Å². The molecule has 3 nitrogen and oxygen atoms in total. The van der Waals surface area contributed by atoms with Crippen molar-refractivity contribution in [2.75, 3.05) is 0 Å². The molecule has 0 radical (unpaired) electrons. The molecule has 0 N–H and O–H groups in total. The Bertz CT molecular complexity index is 860. The van der Waals surface area contributed by atoms with Gasteiger partial charge in [0.05, 0.1) is 0 Å². The first-order valence-corrected chi connectivity index (χ1v) is 9.68. The van der Waals surface area contributed by atoms with Crippen LogP contribution in [0.3, 0.4) is 0 Å². The number of allylic oxidation sites excluding steroid dienone is 1. The first-order chi connectivity index (χ1) is 12.7. The molecule has 0 atom stereocenters. The molecule has 0 aliphatic rings. The van der Waals surface area contributed by atoms with Gasteiger partial charge in [0, 0.05) is 29.3 Å². The van der Waals surface area contributed by atoms with Crippen molar-refractivity contribution in [2.45, 2.75) is 30.3 Å². The monoisotopic (exact) mass is 387 g/mol. The minimum absolute atomic E-state index is 0.302. The lowest BCUT2D eigenvalue weighted by molar-refractivity contribution is 0.617. The highest BCUT2D eigenvalue weighted by Crippen LogP contribution is 2.28. The summed E-state index contributed by atoms with van der Waals surface area (Å²) in [5, 5.41) is 9.78. The largest absolute Gasteiger partial charge is 0.302 e. The number of hydrogen-bond donors (Lipinski definition) is 0. The van der Waals surface area contributed by atoms with Gasteiger partial charge in [-0.25, -0.2) is 4.39 Å². The molecule has 0 bridgehead atoms. The molecule has 0 saturated heterocycles. The van der Waals surface area contributed by atoms with Gasteiger partial charge in [-0.1, -0.05) is 65.8 Å². The molecule has 3 aromatic rings. The minimum atomic E-state index is -0.302. The Morgan fingerprint density at radius 2 is 1.88 bits per heavy atom. The Balaban J connectivity index is 1.73. The van der Waals surface area contributed by atoms with Crippen molar-refractivity contribution in [3.8, 4) is 0 Å². The van der Waals surface area contributed by atoms with E-state index in [2.05, 4.69) is 28.9 Å². The SMILES string of the molecule is C=CCn1c(CCc2ccccc2)nnc1SCc1c(F)cccc1Cl. The fraction of sp³-hybridized carbons (Fsp3) is 0.200. The van der Waals surface area contributed by atoms with Crippen LogP contribution in [-0.4, -0.2) is 14.8 Å². The van der Waals surface area contributed by atoms with Gasteiger partial charge < -0.3 is 4.57 Å². The molecular formula is C20H19ClFN3S. The zero-order chi connectivity index (χ0) is 18.4. The summed E-state index contributed by atoms with van der Waals surface area (Å²) >= 11 is 7.54. The van der Waals surface area contributed by atoms with Gasteiger partial charge >= 0.3 is 0 Å². The summed E-state index contributed by atoms with van der Waals surface area (Å²) in [6.45, 7) is 4.43. The molecule has 26 heavy (non-hydrogen) atoms. The predicted molar refractivity (Wildman–Crippen MR) is 105 cm³/mol. The van der Waals surface area contributed by atoms with Crippen LogP contribution in [0, 0.1) is 5.82 Å². The third-order valence-corrected chi connectivity index (χ3v) is 5.34. The molecule has 0 fully saturated rings. The molecular weight excluding hydrogens is 369 g/mol. The van der Waals surface area contributed by atoms with Gasteiger partial charge in [0.25, 0.3) is 0 Å². The van der Waals surface area contributed by atoms with Crippen LogP contribution in [-0.2, 0) is 25.1 Å². The van der Waals surface area contributed by atoms with Crippen LogP contribution >= 0.6 is 23.4 Å². The van der Waals surface area contributed by atoms with E-state index in [1.54, 1.807) is 12.1 Å². The number of hydrogen-bond acceptors (Lipinski definition) is 3. The maximum Gasteiger partial charge on any atom is 0.191 e. The zero-order valence-corrected chi connectivity index (χ0v) is 15.8. The lowest BCUT2D eigenvalue weighted by Crippen LogP contribution is -2.05. The Labute approximate surface area is 161 Å². The Morgan fingerprint density at radius 1 is 1.08 bits per heavy atom. The standard InChI is InChI=1S/C20H19ClFN3S/c1-2-13-25-19(12-11-15-7-4-3-5-8-15)23-24-20(25)26-14-16-17(21)9-6-10-18(16)22/h2-10H,1,11-14H2. The van der Waals surface area contributed by atoms with E-state index in [9.17, 15) is 4.39 Å². The Hall–Kier alpha value is -2.11. The lowest BCUT2D eigenvalue weighted by Gasteiger charge is -2.09. The van der Waals surface area contributed by atoms with Crippen LogP contribution in [0.1, 0.15) is 17.0 Å². The van der Waals surface area contributed by atoms with Crippen molar-refractivity contribution >= 4 is 23.4 Å². The highest BCUT2D eigenvalue weighted by atomic mass is 35.5. The molecule has 6 heteroatoms. The Morgan fingerprint density at radius 3 is 2.62 bits per heavy atom. The summed E-state index contributed by atoms with van der Waals surface area (Å²) in [6.07, 6.45) is 3.49.